The minimum absolute atomic E-state index is 0.0850. The highest BCUT2D eigenvalue weighted by molar-refractivity contribution is 6.42. The van der Waals surface area contributed by atoms with E-state index in [0.717, 1.165) is 22.8 Å². The number of hydrogen-bond donors (Lipinski definition) is 1. The molecule has 0 fully saturated rings. The van der Waals surface area contributed by atoms with Crippen LogP contribution in [0.25, 0.3) is 16.8 Å². The summed E-state index contributed by atoms with van der Waals surface area (Å²) in [5, 5.41) is 10.0. The van der Waals surface area contributed by atoms with Crippen molar-refractivity contribution >= 4 is 29.2 Å². The summed E-state index contributed by atoms with van der Waals surface area (Å²) < 4.78 is 40.1. The van der Waals surface area contributed by atoms with Gasteiger partial charge in [0.25, 0.3) is 5.56 Å². The molecule has 0 unspecified atom stereocenters. The summed E-state index contributed by atoms with van der Waals surface area (Å²) in [6.45, 7) is 1.49. The van der Waals surface area contributed by atoms with Gasteiger partial charge in [0, 0.05) is 16.9 Å². The summed E-state index contributed by atoms with van der Waals surface area (Å²) in [6, 6.07) is 9.89. The standard InChI is InChI=1S/C20H12Cl2F3NO3/c1-10-7-14(11-5-6-15(21)16(22)8-11)17(19(28)29)18(27)26(10)13-4-2-3-12(9-13)20(23,24)25/h2-9H,1H3,(H,28,29). The number of nitrogens with zero attached hydrogens (tertiary/aromatic N) is 1. The van der Waals surface area contributed by atoms with Crippen molar-refractivity contribution in [3.63, 3.8) is 0 Å². The molecule has 0 aliphatic carbocycles. The molecule has 0 amide bonds. The predicted octanol–water partition coefficient (Wildman–Crippen LogP) is 5.84. The second kappa shape index (κ2) is 7.57. The number of rotatable bonds is 3. The predicted molar refractivity (Wildman–Crippen MR) is 104 cm³/mol. The Balaban J connectivity index is 2.30. The van der Waals surface area contributed by atoms with Gasteiger partial charge in [-0.2, -0.15) is 13.2 Å². The third-order valence-electron chi connectivity index (χ3n) is 4.27. The molecule has 0 aliphatic rings. The van der Waals surface area contributed by atoms with E-state index in [0.29, 0.717) is 5.56 Å². The molecule has 2 aromatic carbocycles. The van der Waals surface area contributed by atoms with E-state index in [1.165, 1.54) is 37.3 Å². The normalized spacial score (nSPS) is 11.5. The fraction of sp³-hybridized carbons (Fsp3) is 0.100. The van der Waals surface area contributed by atoms with Crippen molar-refractivity contribution in [2.75, 3.05) is 0 Å². The van der Waals surface area contributed by atoms with Crippen LogP contribution in [0.5, 0.6) is 0 Å². The topological polar surface area (TPSA) is 59.3 Å². The molecule has 0 aliphatic heterocycles. The van der Waals surface area contributed by atoms with Gasteiger partial charge in [-0.05, 0) is 48.9 Å². The van der Waals surface area contributed by atoms with Gasteiger partial charge in [0.1, 0.15) is 5.56 Å². The molecule has 1 aromatic heterocycles. The van der Waals surface area contributed by atoms with Crippen molar-refractivity contribution in [3.05, 3.63) is 85.8 Å². The van der Waals surface area contributed by atoms with Crippen molar-refractivity contribution in [1.29, 1.82) is 0 Å². The van der Waals surface area contributed by atoms with E-state index in [9.17, 15) is 27.9 Å². The Labute approximate surface area is 172 Å². The third kappa shape index (κ3) is 4.02. The van der Waals surface area contributed by atoms with Crippen molar-refractivity contribution in [3.8, 4) is 16.8 Å². The lowest BCUT2D eigenvalue weighted by Crippen LogP contribution is -2.28. The van der Waals surface area contributed by atoms with Gasteiger partial charge in [-0.15, -0.1) is 0 Å². The molecule has 9 heteroatoms. The van der Waals surface area contributed by atoms with Gasteiger partial charge in [0.15, 0.2) is 0 Å². The van der Waals surface area contributed by atoms with Gasteiger partial charge >= 0.3 is 12.1 Å². The van der Waals surface area contributed by atoms with Crippen molar-refractivity contribution in [2.24, 2.45) is 0 Å². The first-order chi connectivity index (χ1) is 13.5. The van der Waals surface area contributed by atoms with E-state index in [1.54, 1.807) is 0 Å². The molecule has 150 valence electrons. The lowest BCUT2D eigenvalue weighted by molar-refractivity contribution is -0.137. The van der Waals surface area contributed by atoms with Gasteiger partial charge in [0.05, 0.1) is 15.6 Å². The Morgan fingerprint density at radius 3 is 2.31 bits per heavy atom. The van der Waals surface area contributed by atoms with Crippen LogP contribution in [0.4, 0.5) is 13.2 Å². The van der Waals surface area contributed by atoms with E-state index >= 15 is 0 Å². The summed E-state index contributed by atoms with van der Waals surface area (Å²) in [7, 11) is 0. The summed E-state index contributed by atoms with van der Waals surface area (Å²) >= 11 is 11.9. The van der Waals surface area contributed by atoms with Gasteiger partial charge in [-0.3, -0.25) is 9.36 Å². The molecule has 3 rings (SSSR count). The number of carboxylic acids is 1. The highest BCUT2D eigenvalue weighted by atomic mass is 35.5. The van der Waals surface area contributed by atoms with Crippen LogP contribution in [0, 0.1) is 6.92 Å². The molecule has 4 nitrogen and oxygen atoms in total. The number of carboxylic acid groups (broad SMARTS) is 1. The maximum atomic E-state index is 13.0. The number of carbonyl (C=O) groups is 1. The smallest absolute Gasteiger partial charge is 0.416 e. The second-order valence-electron chi connectivity index (χ2n) is 6.20. The molecule has 0 saturated carbocycles. The van der Waals surface area contributed by atoms with Crippen LogP contribution >= 0.6 is 23.2 Å². The summed E-state index contributed by atoms with van der Waals surface area (Å²) in [5.41, 5.74) is -1.92. The van der Waals surface area contributed by atoms with Crippen LogP contribution in [-0.2, 0) is 6.18 Å². The van der Waals surface area contributed by atoms with E-state index in [2.05, 4.69) is 0 Å². The van der Waals surface area contributed by atoms with Crippen LogP contribution in [-0.4, -0.2) is 15.6 Å². The fourth-order valence-electron chi connectivity index (χ4n) is 2.97. The van der Waals surface area contributed by atoms with Gasteiger partial charge in [-0.25, -0.2) is 4.79 Å². The number of halogens is 5. The molecule has 1 N–H and O–H groups in total. The molecule has 0 radical (unpaired) electrons. The molecule has 0 bridgehead atoms. The average molecular weight is 442 g/mol. The SMILES string of the molecule is Cc1cc(-c2ccc(Cl)c(Cl)c2)c(C(=O)O)c(=O)n1-c1cccc(C(F)(F)F)c1. The van der Waals surface area contributed by atoms with Gasteiger partial charge < -0.3 is 5.11 Å². The number of aromatic nitrogens is 1. The number of alkyl halides is 3. The van der Waals surface area contributed by atoms with Gasteiger partial charge in [-0.1, -0.05) is 35.3 Å². The Hall–Kier alpha value is -2.77. The molecule has 1 heterocycles. The lowest BCUT2D eigenvalue weighted by atomic mass is 9.99. The first-order valence-electron chi connectivity index (χ1n) is 8.13. The molecule has 29 heavy (non-hydrogen) atoms. The second-order valence-corrected chi connectivity index (χ2v) is 7.01. The zero-order valence-electron chi connectivity index (χ0n) is 14.7. The zero-order chi connectivity index (χ0) is 21.5. The largest absolute Gasteiger partial charge is 0.477 e. The van der Waals surface area contributed by atoms with Gasteiger partial charge in [0.2, 0.25) is 0 Å². The van der Waals surface area contributed by atoms with Crippen molar-refractivity contribution < 1.29 is 23.1 Å². The number of benzene rings is 2. The summed E-state index contributed by atoms with van der Waals surface area (Å²) in [5.74, 6) is -1.52. The molecular formula is C20H12Cl2F3NO3. The van der Waals surface area contributed by atoms with Crippen molar-refractivity contribution in [1.82, 2.24) is 4.57 Å². The quantitative estimate of drug-likeness (QED) is 0.555. The third-order valence-corrected chi connectivity index (χ3v) is 5.01. The highest BCUT2D eigenvalue weighted by Gasteiger charge is 2.31. The molecule has 0 saturated heterocycles. The average Bonchev–Trinajstić information content (AvgIpc) is 2.62. The minimum Gasteiger partial charge on any atom is -0.477 e. The fourth-order valence-corrected chi connectivity index (χ4v) is 3.27. The highest BCUT2D eigenvalue weighted by Crippen LogP contribution is 2.32. The first-order valence-corrected chi connectivity index (χ1v) is 8.89. The molecule has 0 atom stereocenters. The van der Waals surface area contributed by atoms with Crippen LogP contribution < -0.4 is 5.56 Å². The number of pyridine rings is 1. The Morgan fingerprint density at radius 2 is 1.72 bits per heavy atom. The zero-order valence-corrected chi connectivity index (χ0v) is 16.2. The van der Waals surface area contributed by atoms with Crippen LogP contribution in [0.1, 0.15) is 21.6 Å². The monoisotopic (exact) mass is 441 g/mol. The Kier molecular flexibility index (Phi) is 5.47. The number of aryl methyl sites for hydroxylation is 1. The molecule has 3 aromatic rings. The van der Waals surface area contributed by atoms with Crippen molar-refractivity contribution in [2.45, 2.75) is 13.1 Å². The Morgan fingerprint density at radius 1 is 1.03 bits per heavy atom. The molecule has 0 spiro atoms. The number of aromatic carboxylic acids is 1. The maximum Gasteiger partial charge on any atom is 0.416 e. The van der Waals surface area contributed by atoms with E-state index < -0.39 is 28.8 Å². The first kappa shape index (κ1) is 21.0. The number of hydrogen-bond acceptors (Lipinski definition) is 2. The van der Waals surface area contributed by atoms with Crippen LogP contribution in [0.2, 0.25) is 10.0 Å². The van der Waals surface area contributed by atoms with Crippen LogP contribution in [0.3, 0.4) is 0 Å². The minimum atomic E-state index is -4.61. The van der Waals surface area contributed by atoms with E-state index in [-0.39, 0.29) is 27.0 Å². The lowest BCUT2D eigenvalue weighted by Gasteiger charge is -2.16. The maximum absolute atomic E-state index is 13.0. The van der Waals surface area contributed by atoms with E-state index in [1.807, 2.05) is 0 Å². The Bertz CT molecular complexity index is 1190. The summed E-state index contributed by atoms with van der Waals surface area (Å²) in [6.07, 6.45) is -4.61. The van der Waals surface area contributed by atoms with E-state index in [4.69, 9.17) is 23.2 Å². The summed E-state index contributed by atoms with van der Waals surface area (Å²) in [4.78, 5) is 24.8. The van der Waals surface area contributed by atoms with Crippen LogP contribution in [0.15, 0.2) is 53.3 Å². The molecular weight excluding hydrogens is 430 g/mol.